The Morgan fingerprint density at radius 1 is 1.04 bits per heavy atom. The first-order chi connectivity index (χ1) is 22.5. The molecule has 3 saturated heterocycles. The van der Waals surface area contributed by atoms with Gasteiger partial charge in [0.25, 0.3) is 5.91 Å². The van der Waals surface area contributed by atoms with Crippen LogP contribution in [0, 0.1) is 0 Å². The first-order valence-electron chi connectivity index (χ1n) is 16.2. The van der Waals surface area contributed by atoms with Crippen molar-refractivity contribution >= 4 is 52.3 Å². The van der Waals surface area contributed by atoms with E-state index in [-0.39, 0.29) is 34.8 Å². The van der Waals surface area contributed by atoms with Crippen LogP contribution in [0.2, 0.25) is 5.02 Å². The maximum absolute atomic E-state index is 13.9. The zero-order valence-electron chi connectivity index (χ0n) is 26.3. The Labute approximate surface area is 281 Å². The molecule has 256 valence electrons. The summed E-state index contributed by atoms with van der Waals surface area (Å²) in [5.74, 6) is -0.424. The molecule has 2 aromatic rings. The molecule has 0 radical (unpaired) electrons. The van der Waals surface area contributed by atoms with E-state index in [4.69, 9.17) is 16.3 Å². The Kier molecular flexibility index (Phi) is 10.1. The quantitative estimate of drug-likeness (QED) is 0.363. The van der Waals surface area contributed by atoms with Crippen LogP contribution in [0.5, 0.6) is 0 Å². The van der Waals surface area contributed by atoms with Gasteiger partial charge in [0.1, 0.15) is 0 Å². The van der Waals surface area contributed by atoms with E-state index < -0.39 is 29.8 Å². The highest BCUT2D eigenvalue weighted by molar-refractivity contribution is 7.10. The first kappa shape index (κ1) is 33.7. The largest absolute Gasteiger partial charge is 0.436 e. The van der Waals surface area contributed by atoms with Gasteiger partial charge in [0.2, 0.25) is 0 Å². The number of alkyl halides is 3. The van der Waals surface area contributed by atoms with Gasteiger partial charge >= 0.3 is 18.3 Å². The molecule has 15 heteroatoms. The fourth-order valence-corrected chi connectivity index (χ4v) is 8.42. The second kappa shape index (κ2) is 14.1. The fourth-order valence-electron chi connectivity index (χ4n) is 7.25. The molecule has 4 aliphatic rings. The minimum absolute atomic E-state index is 0.0720. The molecule has 0 unspecified atom stereocenters. The molecule has 5 heterocycles. The Balaban J connectivity index is 1.15. The lowest BCUT2D eigenvalue weighted by Gasteiger charge is -2.40. The van der Waals surface area contributed by atoms with Gasteiger partial charge in [0.15, 0.2) is 6.10 Å². The zero-order chi connectivity index (χ0) is 33.3. The average Bonchev–Trinajstić information content (AvgIpc) is 3.76. The standard InChI is InChI=1S/C32H40ClF3N6O4S/c1-37-28-23(32(34,35)36)16-20(17-24(28)33)18-26(29(43)40-11-4-21(5-12-40)39-9-2-3-10-39)46-31(45)41-13-6-22(7-14-41)42-19-27-25(8-15-47-27)38-30(42)44/h8,15-17,21-22,26,37H,2-7,9-14,18-19H2,1H3,(H,38,44)/t26-/m1/s1. The molecule has 1 aromatic heterocycles. The Morgan fingerprint density at radius 2 is 1.70 bits per heavy atom. The van der Waals surface area contributed by atoms with Crippen molar-refractivity contribution in [3.8, 4) is 0 Å². The second-order valence-corrected chi connectivity index (χ2v) is 14.1. The number of carbonyl (C=O) groups excluding carboxylic acids is 3. The number of ether oxygens (including phenoxy) is 1. The Morgan fingerprint density at radius 3 is 2.36 bits per heavy atom. The molecular weight excluding hydrogens is 657 g/mol. The number of nitrogens with zero attached hydrogens (tertiary/aromatic N) is 4. The third kappa shape index (κ3) is 7.44. The van der Waals surface area contributed by atoms with E-state index in [9.17, 15) is 27.6 Å². The van der Waals surface area contributed by atoms with Gasteiger partial charge in [0, 0.05) is 56.6 Å². The number of carbonyl (C=O) groups is 3. The summed E-state index contributed by atoms with van der Waals surface area (Å²) in [6.45, 7) is 4.21. The van der Waals surface area contributed by atoms with E-state index in [2.05, 4.69) is 15.5 Å². The highest BCUT2D eigenvalue weighted by Crippen LogP contribution is 2.40. The summed E-state index contributed by atoms with van der Waals surface area (Å²) in [7, 11) is 1.36. The molecule has 0 spiro atoms. The van der Waals surface area contributed by atoms with Crippen LogP contribution in [0.15, 0.2) is 23.6 Å². The number of rotatable bonds is 7. The van der Waals surface area contributed by atoms with E-state index in [0.717, 1.165) is 42.6 Å². The van der Waals surface area contributed by atoms with Crippen LogP contribution in [-0.4, -0.2) is 102 Å². The van der Waals surface area contributed by atoms with Crippen LogP contribution in [0.3, 0.4) is 0 Å². The van der Waals surface area contributed by atoms with Crippen LogP contribution in [-0.2, 0) is 28.7 Å². The molecule has 0 bridgehead atoms. The monoisotopic (exact) mass is 696 g/mol. The predicted molar refractivity (Wildman–Crippen MR) is 174 cm³/mol. The van der Waals surface area contributed by atoms with Crippen molar-refractivity contribution < 1.29 is 32.3 Å². The normalized spacial score (nSPS) is 20.6. The van der Waals surface area contributed by atoms with E-state index in [1.165, 1.54) is 30.9 Å². The van der Waals surface area contributed by atoms with Crippen LogP contribution in [0.4, 0.5) is 34.1 Å². The molecule has 3 fully saturated rings. The maximum Gasteiger partial charge on any atom is 0.418 e. The number of hydrogen-bond donors (Lipinski definition) is 2. The molecule has 4 aliphatic heterocycles. The van der Waals surface area contributed by atoms with Gasteiger partial charge in [-0.2, -0.15) is 13.2 Å². The molecule has 47 heavy (non-hydrogen) atoms. The number of fused-ring (bicyclic) bond motifs is 1. The summed E-state index contributed by atoms with van der Waals surface area (Å²) < 4.78 is 47.7. The topological polar surface area (TPSA) is 97.5 Å². The number of anilines is 2. The summed E-state index contributed by atoms with van der Waals surface area (Å²) in [6.07, 6.45) is -1.99. The van der Waals surface area contributed by atoms with Gasteiger partial charge in [-0.15, -0.1) is 11.3 Å². The average molecular weight is 697 g/mol. The van der Waals surface area contributed by atoms with Crippen molar-refractivity contribution in [2.45, 2.75) is 75.9 Å². The lowest BCUT2D eigenvalue weighted by atomic mass is 9.99. The van der Waals surface area contributed by atoms with Gasteiger partial charge in [0.05, 0.1) is 28.5 Å². The molecule has 1 atom stereocenters. The van der Waals surface area contributed by atoms with E-state index in [1.807, 2.05) is 11.4 Å². The number of piperidine rings is 2. The molecule has 2 N–H and O–H groups in total. The lowest BCUT2D eigenvalue weighted by molar-refractivity contribution is -0.142. The van der Waals surface area contributed by atoms with E-state index >= 15 is 0 Å². The zero-order valence-corrected chi connectivity index (χ0v) is 27.9. The number of nitrogens with one attached hydrogen (secondary N) is 2. The van der Waals surface area contributed by atoms with Gasteiger partial charge in [-0.1, -0.05) is 11.6 Å². The number of thiophene rings is 1. The van der Waals surface area contributed by atoms with Gasteiger partial charge in [-0.05, 0) is 80.8 Å². The number of likely N-dealkylation sites (tertiary alicyclic amines) is 3. The van der Waals surface area contributed by atoms with Crippen molar-refractivity contribution in [1.82, 2.24) is 19.6 Å². The van der Waals surface area contributed by atoms with Crippen molar-refractivity contribution in [2.75, 3.05) is 56.9 Å². The number of hydrogen-bond acceptors (Lipinski definition) is 7. The van der Waals surface area contributed by atoms with Crippen LogP contribution in [0.1, 0.15) is 54.5 Å². The van der Waals surface area contributed by atoms with Crippen molar-refractivity contribution in [3.63, 3.8) is 0 Å². The third-order valence-corrected chi connectivity index (χ3v) is 11.0. The number of amides is 4. The smallest absolute Gasteiger partial charge is 0.418 e. The number of halogens is 4. The number of benzene rings is 1. The van der Waals surface area contributed by atoms with Crippen LogP contribution in [0.25, 0.3) is 0 Å². The van der Waals surface area contributed by atoms with Crippen molar-refractivity contribution in [3.05, 3.63) is 44.6 Å². The fraction of sp³-hybridized carbons (Fsp3) is 0.594. The molecule has 10 nitrogen and oxygen atoms in total. The SMILES string of the molecule is CNc1c(Cl)cc(C[C@@H](OC(=O)N2CCC(N3Cc4sccc4NC3=O)CC2)C(=O)N2CCC(N3CCCC3)CC2)cc1C(F)(F)F. The number of urea groups is 1. The Hall–Kier alpha value is -3.23. The summed E-state index contributed by atoms with van der Waals surface area (Å²) in [4.78, 5) is 48.7. The molecule has 1 aromatic carbocycles. The first-order valence-corrected chi connectivity index (χ1v) is 17.5. The minimum atomic E-state index is -4.69. The molecule has 4 amide bonds. The van der Waals surface area contributed by atoms with Gasteiger partial charge in [-0.25, -0.2) is 9.59 Å². The van der Waals surface area contributed by atoms with Crippen molar-refractivity contribution in [1.29, 1.82) is 0 Å². The summed E-state index contributed by atoms with van der Waals surface area (Å²) in [5.41, 5.74) is -0.239. The summed E-state index contributed by atoms with van der Waals surface area (Å²) >= 11 is 7.84. The van der Waals surface area contributed by atoms with E-state index in [0.29, 0.717) is 51.6 Å². The van der Waals surface area contributed by atoms with Gasteiger partial charge in [-0.3, -0.25) is 4.79 Å². The molecular formula is C32H40ClF3N6O4S. The molecule has 0 saturated carbocycles. The van der Waals surface area contributed by atoms with Gasteiger partial charge < -0.3 is 35.0 Å². The summed E-state index contributed by atoms with van der Waals surface area (Å²) in [5, 5.41) is 7.23. The van der Waals surface area contributed by atoms with Crippen LogP contribution >= 0.6 is 22.9 Å². The second-order valence-electron chi connectivity index (χ2n) is 12.7. The highest BCUT2D eigenvalue weighted by atomic mass is 35.5. The molecule has 0 aliphatic carbocycles. The highest BCUT2D eigenvalue weighted by Gasteiger charge is 2.39. The minimum Gasteiger partial charge on any atom is -0.436 e. The van der Waals surface area contributed by atoms with Crippen LogP contribution < -0.4 is 10.6 Å². The van der Waals surface area contributed by atoms with E-state index in [1.54, 1.807) is 21.1 Å². The molecule has 6 rings (SSSR count). The predicted octanol–water partition coefficient (Wildman–Crippen LogP) is 6.11. The Bertz CT molecular complexity index is 1470. The lowest BCUT2D eigenvalue weighted by Crippen LogP contribution is -2.52. The maximum atomic E-state index is 13.9. The third-order valence-electron chi connectivity index (χ3n) is 9.80. The summed E-state index contributed by atoms with van der Waals surface area (Å²) in [6, 6.07) is 4.37. The van der Waals surface area contributed by atoms with Crippen molar-refractivity contribution in [2.24, 2.45) is 0 Å².